The fraction of sp³-hybridized carbons (Fsp3) is 0.471. The minimum Gasteiger partial charge on any atom is -0.349 e. The molecule has 138 valence electrons. The molecule has 2 rings (SSSR count). The molecule has 1 unspecified atom stereocenters. The number of halogens is 2. The van der Waals surface area contributed by atoms with Gasteiger partial charge in [0, 0.05) is 17.1 Å². The van der Waals surface area contributed by atoms with Crippen molar-refractivity contribution in [1.29, 1.82) is 0 Å². The Bertz CT molecular complexity index is 691. The normalized spacial score (nSPS) is 11.7. The number of rotatable bonds is 8. The SMILES string of the molecule is CCCc1c(C(=O)NCC(C)NC)nnn1Cc1cccc(Br)c1.Cl. The van der Waals surface area contributed by atoms with E-state index in [1.54, 1.807) is 0 Å². The molecule has 1 atom stereocenters. The van der Waals surface area contributed by atoms with Crippen LogP contribution in [0.2, 0.25) is 0 Å². The van der Waals surface area contributed by atoms with Gasteiger partial charge in [0.2, 0.25) is 0 Å². The Morgan fingerprint density at radius 3 is 2.80 bits per heavy atom. The lowest BCUT2D eigenvalue weighted by Crippen LogP contribution is -2.37. The number of nitrogens with one attached hydrogen (secondary N) is 2. The Kier molecular flexibility index (Phi) is 9.10. The van der Waals surface area contributed by atoms with Gasteiger partial charge in [-0.1, -0.05) is 46.6 Å². The highest BCUT2D eigenvalue weighted by Gasteiger charge is 2.19. The molecule has 6 nitrogen and oxygen atoms in total. The largest absolute Gasteiger partial charge is 0.349 e. The molecular weight excluding hydrogens is 406 g/mol. The monoisotopic (exact) mass is 429 g/mol. The van der Waals surface area contributed by atoms with Crippen LogP contribution in [0, 0.1) is 0 Å². The number of hydrogen-bond donors (Lipinski definition) is 2. The maximum absolute atomic E-state index is 12.4. The van der Waals surface area contributed by atoms with Gasteiger partial charge < -0.3 is 10.6 Å². The number of hydrogen-bond acceptors (Lipinski definition) is 4. The topological polar surface area (TPSA) is 71.8 Å². The van der Waals surface area contributed by atoms with Crippen LogP contribution in [-0.2, 0) is 13.0 Å². The first kappa shape index (κ1) is 21.6. The van der Waals surface area contributed by atoms with Gasteiger partial charge in [-0.05, 0) is 38.1 Å². The molecule has 0 aliphatic heterocycles. The van der Waals surface area contributed by atoms with Gasteiger partial charge in [0.25, 0.3) is 5.91 Å². The molecule has 0 fully saturated rings. The second-order valence-corrected chi connectivity index (χ2v) is 6.74. The highest BCUT2D eigenvalue weighted by atomic mass is 79.9. The molecule has 2 N–H and O–H groups in total. The molecule has 0 spiro atoms. The minimum absolute atomic E-state index is 0. The fourth-order valence-electron chi connectivity index (χ4n) is 2.36. The molecule has 8 heteroatoms. The van der Waals surface area contributed by atoms with Crippen molar-refractivity contribution in [2.24, 2.45) is 0 Å². The van der Waals surface area contributed by atoms with Crippen LogP contribution >= 0.6 is 28.3 Å². The molecular formula is C17H25BrClN5O. The van der Waals surface area contributed by atoms with E-state index < -0.39 is 0 Å². The first-order chi connectivity index (χ1) is 11.5. The van der Waals surface area contributed by atoms with E-state index in [0.29, 0.717) is 18.8 Å². The third kappa shape index (κ3) is 6.09. The van der Waals surface area contributed by atoms with Crippen molar-refractivity contribution in [1.82, 2.24) is 25.6 Å². The zero-order valence-electron chi connectivity index (χ0n) is 14.8. The van der Waals surface area contributed by atoms with E-state index in [4.69, 9.17) is 0 Å². The van der Waals surface area contributed by atoms with E-state index in [1.807, 2.05) is 42.9 Å². The molecule has 0 aliphatic carbocycles. The van der Waals surface area contributed by atoms with Gasteiger partial charge in [0.05, 0.1) is 12.2 Å². The summed E-state index contributed by atoms with van der Waals surface area (Å²) < 4.78 is 2.85. The van der Waals surface area contributed by atoms with Crippen LogP contribution < -0.4 is 10.6 Å². The van der Waals surface area contributed by atoms with Crippen LogP contribution in [-0.4, -0.2) is 40.5 Å². The van der Waals surface area contributed by atoms with E-state index >= 15 is 0 Å². The van der Waals surface area contributed by atoms with Gasteiger partial charge in [-0.25, -0.2) is 4.68 Å². The van der Waals surface area contributed by atoms with Crippen LogP contribution in [0.25, 0.3) is 0 Å². The Morgan fingerprint density at radius 2 is 2.16 bits per heavy atom. The summed E-state index contributed by atoms with van der Waals surface area (Å²) in [5.41, 5.74) is 2.42. The molecule has 1 amide bonds. The quantitative estimate of drug-likeness (QED) is 0.675. The summed E-state index contributed by atoms with van der Waals surface area (Å²) in [6, 6.07) is 8.27. The second-order valence-electron chi connectivity index (χ2n) is 5.82. The summed E-state index contributed by atoms with van der Waals surface area (Å²) in [5, 5.41) is 14.3. The Morgan fingerprint density at radius 1 is 1.40 bits per heavy atom. The van der Waals surface area contributed by atoms with Gasteiger partial charge in [-0.2, -0.15) is 0 Å². The lowest BCUT2D eigenvalue weighted by Gasteiger charge is -2.11. The molecule has 25 heavy (non-hydrogen) atoms. The van der Waals surface area contributed by atoms with Crippen LogP contribution in [0.4, 0.5) is 0 Å². The van der Waals surface area contributed by atoms with Gasteiger partial charge in [-0.3, -0.25) is 4.79 Å². The van der Waals surface area contributed by atoms with Crippen LogP contribution in [0.15, 0.2) is 28.7 Å². The molecule has 0 radical (unpaired) electrons. The maximum atomic E-state index is 12.4. The number of nitrogens with zero attached hydrogens (tertiary/aromatic N) is 3. The van der Waals surface area contributed by atoms with Crippen LogP contribution in [0.5, 0.6) is 0 Å². The minimum atomic E-state index is -0.166. The van der Waals surface area contributed by atoms with E-state index in [0.717, 1.165) is 28.6 Å². The molecule has 1 heterocycles. The summed E-state index contributed by atoms with van der Waals surface area (Å²) in [6.45, 7) is 5.25. The number of carbonyl (C=O) groups excluding carboxylic acids is 1. The van der Waals surface area contributed by atoms with E-state index in [1.165, 1.54) is 0 Å². The lowest BCUT2D eigenvalue weighted by atomic mass is 10.1. The van der Waals surface area contributed by atoms with Crippen LogP contribution in [0.3, 0.4) is 0 Å². The van der Waals surface area contributed by atoms with Crippen molar-refractivity contribution >= 4 is 34.2 Å². The molecule has 0 saturated heterocycles. The van der Waals surface area contributed by atoms with E-state index in [-0.39, 0.29) is 24.4 Å². The number of likely N-dealkylation sites (N-methyl/N-ethyl adjacent to an activating group) is 1. The molecule has 1 aromatic heterocycles. The second kappa shape index (κ2) is 10.5. The summed E-state index contributed by atoms with van der Waals surface area (Å²) in [5.74, 6) is -0.166. The highest BCUT2D eigenvalue weighted by Crippen LogP contribution is 2.15. The van der Waals surface area contributed by atoms with E-state index in [9.17, 15) is 4.79 Å². The predicted octanol–water partition coefficient (Wildman–Crippen LogP) is 2.80. The maximum Gasteiger partial charge on any atom is 0.273 e. The van der Waals surface area contributed by atoms with Crippen molar-refractivity contribution in [3.63, 3.8) is 0 Å². The Balaban J connectivity index is 0.00000312. The number of amides is 1. The third-order valence-corrected chi connectivity index (χ3v) is 4.32. The van der Waals surface area contributed by atoms with Gasteiger partial charge in [0.1, 0.15) is 0 Å². The number of aromatic nitrogens is 3. The summed E-state index contributed by atoms with van der Waals surface area (Å²) in [4.78, 5) is 12.4. The van der Waals surface area contributed by atoms with Gasteiger partial charge >= 0.3 is 0 Å². The first-order valence-corrected chi connectivity index (χ1v) is 8.96. The standard InChI is InChI=1S/C17H24BrN5O.ClH/c1-4-6-15-16(17(24)20-10-12(2)19-3)21-22-23(15)11-13-7-5-8-14(18)9-13;/h5,7-9,12,19H,4,6,10-11H2,1-3H3,(H,20,24);1H. The van der Waals surface area contributed by atoms with Gasteiger partial charge in [0.15, 0.2) is 5.69 Å². The molecule has 0 bridgehead atoms. The zero-order chi connectivity index (χ0) is 17.5. The molecule has 0 aliphatic rings. The van der Waals surface area contributed by atoms with Crippen molar-refractivity contribution in [2.75, 3.05) is 13.6 Å². The summed E-state index contributed by atoms with van der Waals surface area (Å²) in [7, 11) is 1.87. The highest BCUT2D eigenvalue weighted by molar-refractivity contribution is 9.10. The van der Waals surface area contributed by atoms with Crippen molar-refractivity contribution in [3.8, 4) is 0 Å². The molecule has 2 aromatic rings. The van der Waals surface area contributed by atoms with Crippen molar-refractivity contribution < 1.29 is 4.79 Å². The smallest absolute Gasteiger partial charge is 0.273 e. The summed E-state index contributed by atoms with van der Waals surface area (Å²) in [6.07, 6.45) is 1.70. The number of benzene rings is 1. The Hall–Kier alpha value is -1.44. The molecule has 1 aromatic carbocycles. The average Bonchev–Trinajstić information content (AvgIpc) is 2.95. The summed E-state index contributed by atoms with van der Waals surface area (Å²) >= 11 is 3.48. The van der Waals surface area contributed by atoms with Crippen LogP contribution in [0.1, 0.15) is 42.0 Å². The molecule has 0 saturated carbocycles. The first-order valence-electron chi connectivity index (χ1n) is 8.17. The zero-order valence-corrected chi connectivity index (χ0v) is 17.2. The van der Waals surface area contributed by atoms with E-state index in [2.05, 4.69) is 43.8 Å². The lowest BCUT2D eigenvalue weighted by molar-refractivity contribution is 0.0944. The predicted molar refractivity (Wildman–Crippen MR) is 105 cm³/mol. The van der Waals surface area contributed by atoms with Gasteiger partial charge in [-0.15, -0.1) is 17.5 Å². The van der Waals surface area contributed by atoms with Crippen molar-refractivity contribution in [3.05, 3.63) is 45.7 Å². The number of carbonyl (C=O) groups is 1. The van der Waals surface area contributed by atoms with Crippen molar-refractivity contribution in [2.45, 2.75) is 39.3 Å². The Labute approximate surface area is 163 Å². The third-order valence-electron chi connectivity index (χ3n) is 3.82. The average molecular weight is 431 g/mol. The fourth-order valence-corrected chi connectivity index (χ4v) is 2.81.